The van der Waals surface area contributed by atoms with Gasteiger partial charge in [-0.25, -0.2) is 0 Å². The number of nitrogens with one attached hydrogen (secondary N) is 1. The average Bonchev–Trinajstić information content (AvgIpc) is 2.56. The predicted octanol–water partition coefficient (Wildman–Crippen LogP) is 0.352. The fourth-order valence-corrected chi connectivity index (χ4v) is 1.80. The summed E-state index contributed by atoms with van der Waals surface area (Å²) in [6.45, 7) is 2.18. The number of hydrogen-bond acceptors (Lipinski definition) is 3. The fraction of sp³-hybridized carbons (Fsp3) is 0.250. The number of likely N-dealkylation sites (N-methyl/N-ethyl adjacent to an activating group) is 1. The van der Waals surface area contributed by atoms with Crippen molar-refractivity contribution < 1.29 is 14.4 Å². The summed E-state index contributed by atoms with van der Waals surface area (Å²) in [4.78, 5) is 36.0. The van der Waals surface area contributed by atoms with E-state index in [4.69, 9.17) is 0 Å². The van der Waals surface area contributed by atoms with Crippen LogP contribution in [0.15, 0.2) is 24.3 Å². The highest BCUT2D eigenvalue weighted by Gasteiger charge is 2.36. The Balaban J connectivity index is 2.27. The van der Waals surface area contributed by atoms with Crippen LogP contribution in [-0.2, 0) is 9.59 Å². The number of anilines is 1. The number of ketones is 1. The molecule has 1 aromatic rings. The van der Waals surface area contributed by atoms with Crippen molar-refractivity contribution in [2.45, 2.75) is 6.92 Å². The quantitative estimate of drug-likeness (QED) is 0.765. The fourth-order valence-electron chi connectivity index (χ4n) is 1.80. The van der Waals surface area contributed by atoms with Crippen molar-refractivity contribution in [1.82, 2.24) is 5.32 Å². The Morgan fingerprint density at radius 3 is 2.71 bits per heavy atom. The molecule has 0 fully saturated rings. The lowest BCUT2D eigenvalue weighted by Crippen LogP contribution is -2.40. The highest BCUT2D eigenvalue weighted by Crippen LogP contribution is 2.27. The number of fused-ring (bicyclic) bond motifs is 1. The molecule has 1 N–H and O–H groups in total. The van der Waals surface area contributed by atoms with Crippen molar-refractivity contribution in [1.29, 1.82) is 0 Å². The molecule has 5 heteroatoms. The van der Waals surface area contributed by atoms with Crippen LogP contribution in [-0.4, -0.2) is 30.7 Å². The van der Waals surface area contributed by atoms with Gasteiger partial charge in [0.15, 0.2) is 0 Å². The zero-order chi connectivity index (χ0) is 12.4. The molecule has 88 valence electrons. The van der Waals surface area contributed by atoms with Crippen LogP contribution >= 0.6 is 0 Å². The molecule has 0 saturated carbocycles. The molecule has 0 radical (unpaired) electrons. The summed E-state index contributed by atoms with van der Waals surface area (Å²) in [6.07, 6.45) is 0. The van der Waals surface area contributed by atoms with Gasteiger partial charge in [-0.15, -0.1) is 0 Å². The molecule has 0 unspecified atom stereocenters. The maximum atomic E-state index is 11.7. The van der Waals surface area contributed by atoms with Crippen molar-refractivity contribution in [2.24, 2.45) is 0 Å². The molecular weight excluding hydrogens is 220 g/mol. The Labute approximate surface area is 98.4 Å². The van der Waals surface area contributed by atoms with Crippen molar-refractivity contribution in [3.05, 3.63) is 29.8 Å². The van der Waals surface area contributed by atoms with E-state index in [9.17, 15) is 14.4 Å². The van der Waals surface area contributed by atoms with Crippen LogP contribution in [0.25, 0.3) is 0 Å². The Kier molecular flexibility index (Phi) is 2.91. The maximum Gasteiger partial charge on any atom is 0.299 e. The minimum absolute atomic E-state index is 0.116. The molecule has 0 aromatic heterocycles. The lowest BCUT2D eigenvalue weighted by Gasteiger charge is -2.15. The highest BCUT2D eigenvalue weighted by molar-refractivity contribution is 6.52. The first-order valence-corrected chi connectivity index (χ1v) is 5.37. The molecule has 1 aliphatic rings. The summed E-state index contributed by atoms with van der Waals surface area (Å²) in [5, 5.41) is 2.59. The molecule has 0 spiro atoms. The number of carbonyl (C=O) groups excluding carboxylic acids is 3. The zero-order valence-electron chi connectivity index (χ0n) is 9.40. The van der Waals surface area contributed by atoms with Crippen LogP contribution in [0.1, 0.15) is 17.3 Å². The van der Waals surface area contributed by atoms with E-state index in [0.717, 1.165) is 0 Å². The van der Waals surface area contributed by atoms with Crippen LogP contribution in [0.4, 0.5) is 5.69 Å². The maximum absolute atomic E-state index is 11.7. The van der Waals surface area contributed by atoms with E-state index in [-0.39, 0.29) is 12.5 Å². The molecule has 0 atom stereocenters. The average molecular weight is 232 g/mol. The molecule has 1 aliphatic heterocycles. The lowest BCUT2D eigenvalue weighted by molar-refractivity contribution is -0.122. The number of benzene rings is 1. The van der Waals surface area contributed by atoms with Gasteiger partial charge in [0, 0.05) is 6.54 Å². The van der Waals surface area contributed by atoms with Crippen LogP contribution in [0.5, 0.6) is 0 Å². The van der Waals surface area contributed by atoms with E-state index in [1.165, 1.54) is 4.90 Å². The van der Waals surface area contributed by atoms with Gasteiger partial charge in [0.25, 0.3) is 11.7 Å². The van der Waals surface area contributed by atoms with E-state index in [1.807, 2.05) is 0 Å². The number of rotatable bonds is 3. The molecule has 2 rings (SSSR count). The smallest absolute Gasteiger partial charge is 0.299 e. The molecule has 1 aromatic carbocycles. The molecule has 5 nitrogen and oxygen atoms in total. The lowest BCUT2D eigenvalue weighted by atomic mass is 10.1. The number of nitrogens with zero attached hydrogens (tertiary/aromatic N) is 1. The summed E-state index contributed by atoms with van der Waals surface area (Å²) in [7, 11) is 0. The normalized spacial score (nSPS) is 13.8. The van der Waals surface area contributed by atoms with Crippen LogP contribution < -0.4 is 10.2 Å². The Bertz CT molecular complexity index is 496. The van der Waals surface area contributed by atoms with Gasteiger partial charge in [-0.05, 0) is 19.1 Å². The minimum atomic E-state index is -0.641. The molecule has 0 bridgehead atoms. The zero-order valence-corrected chi connectivity index (χ0v) is 9.40. The van der Waals surface area contributed by atoms with Crippen molar-refractivity contribution in [3.8, 4) is 0 Å². The number of amides is 2. The van der Waals surface area contributed by atoms with Gasteiger partial charge in [-0.1, -0.05) is 12.1 Å². The first kappa shape index (κ1) is 11.3. The first-order chi connectivity index (χ1) is 8.15. The Morgan fingerprint density at radius 2 is 2.00 bits per heavy atom. The van der Waals surface area contributed by atoms with E-state index >= 15 is 0 Å². The van der Waals surface area contributed by atoms with Crippen LogP contribution in [0.3, 0.4) is 0 Å². The molecule has 0 saturated heterocycles. The third-order valence-corrected chi connectivity index (χ3v) is 2.55. The predicted molar refractivity (Wildman–Crippen MR) is 61.8 cm³/mol. The third kappa shape index (κ3) is 1.91. The monoisotopic (exact) mass is 232 g/mol. The summed E-state index contributed by atoms with van der Waals surface area (Å²) < 4.78 is 0. The Morgan fingerprint density at radius 1 is 1.29 bits per heavy atom. The van der Waals surface area contributed by atoms with Gasteiger partial charge in [0.1, 0.15) is 6.54 Å². The van der Waals surface area contributed by atoms with Crippen molar-refractivity contribution in [3.63, 3.8) is 0 Å². The largest absolute Gasteiger partial charge is 0.355 e. The van der Waals surface area contributed by atoms with E-state index in [0.29, 0.717) is 17.8 Å². The summed E-state index contributed by atoms with van der Waals surface area (Å²) in [6, 6.07) is 6.68. The van der Waals surface area contributed by atoms with Gasteiger partial charge in [0.05, 0.1) is 11.3 Å². The standard InChI is InChI=1S/C12H12N2O3/c1-2-13-10(15)7-14-9-6-4-3-5-8(9)11(16)12(14)17/h3-6H,2,7H2,1H3,(H,13,15). The van der Waals surface area contributed by atoms with Crippen LogP contribution in [0.2, 0.25) is 0 Å². The number of hydrogen-bond donors (Lipinski definition) is 1. The Hall–Kier alpha value is -2.17. The van der Waals surface area contributed by atoms with Gasteiger partial charge >= 0.3 is 0 Å². The highest BCUT2D eigenvalue weighted by atomic mass is 16.2. The number of Topliss-reactive ketones (excluding diaryl/α,β-unsaturated/α-hetero) is 1. The molecular formula is C12H12N2O3. The number of carbonyl (C=O) groups is 3. The van der Waals surface area contributed by atoms with E-state index in [1.54, 1.807) is 31.2 Å². The molecule has 2 amide bonds. The van der Waals surface area contributed by atoms with Crippen molar-refractivity contribution in [2.75, 3.05) is 18.0 Å². The van der Waals surface area contributed by atoms with Crippen LogP contribution in [0, 0.1) is 0 Å². The molecule has 1 heterocycles. The first-order valence-electron chi connectivity index (χ1n) is 5.37. The molecule has 0 aliphatic carbocycles. The third-order valence-electron chi connectivity index (χ3n) is 2.55. The topological polar surface area (TPSA) is 66.5 Å². The minimum Gasteiger partial charge on any atom is -0.355 e. The van der Waals surface area contributed by atoms with Crippen molar-refractivity contribution >= 4 is 23.3 Å². The van der Waals surface area contributed by atoms with Gasteiger partial charge in [0.2, 0.25) is 5.91 Å². The summed E-state index contributed by atoms with van der Waals surface area (Å²) in [5.41, 5.74) is 0.871. The molecule has 17 heavy (non-hydrogen) atoms. The van der Waals surface area contributed by atoms with Gasteiger partial charge < -0.3 is 5.32 Å². The second kappa shape index (κ2) is 4.37. The SMILES string of the molecule is CCNC(=O)CN1C(=O)C(=O)c2ccccc21. The number of para-hydroxylation sites is 1. The second-order valence-electron chi connectivity index (χ2n) is 3.69. The summed E-state index contributed by atoms with van der Waals surface area (Å²) >= 11 is 0. The van der Waals surface area contributed by atoms with E-state index < -0.39 is 11.7 Å². The van der Waals surface area contributed by atoms with E-state index in [2.05, 4.69) is 5.32 Å². The second-order valence-corrected chi connectivity index (χ2v) is 3.69. The van der Waals surface area contributed by atoms with Gasteiger partial charge in [-0.2, -0.15) is 0 Å². The summed E-state index contributed by atoms with van der Waals surface area (Å²) in [5.74, 6) is -1.47. The van der Waals surface area contributed by atoms with Gasteiger partial charge in [-0.3, -0.25) is 19.3 Å².